The van der Waals surface area contributed by atoms with E-state index in [1.807, 2.05) is 0 Å². The van der Waals surface area contributed by atoms with Crippen molar-refractivity contribution in [2.24, 2.45) is 0 Å². The van der Waals surface area contributed by atoms with Crippen molar-refractivity contribution in [3.05, 3.63) is 95.6 Å². The molecule has 20 nitrogen and oxygen atoms in total. The van der Waals surface area contributed by atoms with Crippen molar-refractivity contribution in [2.75, 3.05) is 44.2 Å². The number of hydrogen-bond donors (Lipinski definition) is 6. The van der Waals surface area contributed by atoms with Gasteiger partial charge in [0.05, 0.1) is 31.5 Å². The Hall–Kier alpha value is -6.83. The van der Waals surface area contributed by atoms with Gasteiger partial charge in [-0.05, 0) is 85.6 Å². The minimum atomic E-state index is -1.29. The number of carboxylic acid groups (broad SMARTS) is 3. The van der Waals surface area contributed by atoms with Gasteiger partial charge in [0.15, 0.2) is 0 Å². The fourth-order valence-corrected chi connectivity index (χ4v) is 5.73. The standard InChI is InChI=1S/2C16H23NO5.C16H16O6.2H2O.Zn/c2*1-2-3-4-5-6-7-10-22-16(21)17-12-8-9-13(15(19)20)14(18)11-12;1-20-11-2-4-12(5-3-11)21-8-9-22-13-6-7-14(16(18)19)15(17)10-13;;;/h2*8-9,11,18H,2-7,10H2,1H3,(H,17,21)(H,19,20);2-7,10,17H,8-9H2,1H3,(H,18,19);2*1H2;/q;;;;;+2/p-2. The van der Waals surface area contributed by atoms with Crippen LogP contribution in [0.3, 0.4) is 0 Å². The molecule has 0 aliphatic heterocycles. The van der Waals surface area contributed by atoms with Crippen molar-refractivity contribution in [3.63, 3.8) is 0 Å². The van der Waals surface area contributed by atoms with E-state index in [9.17, 15) is 39.3 Å². The number of amides is 2. The van der Waals surface area contributed by atoms with Gasteiger partial charge in [-0.25, -0.2) is 24.0 Å². The molecule has 0 unspecified atom stereocenters. The van der Waals surface area contributed by atoms with Crippen LogP contribution in [0.1, 0.15) is 122 Å². The maximum atomic E-state index is 11.5. The van der Waals surface area contributed by atoms with E-state index in [0.29, 0.717) is 31.3 Å². The summed E-state index contributed by atoms with van der Waals surface area (Å²) in [6, 6.07) is 18.3. The number of hydrogen-bond acceptors (Lipinski definition) is 13. The van der Waals surface area contributed by atoms with Gasteiger partial charge in [-0.1, -0.05) is 89.6 Å². The van der Waals surface area contributed by atoms with Gasteiger partial charge in [-0.15, -0.1) is 0 Å². The zero-order chi connectivity index (χ0) is 48.7. The second-order valence-corrected chi connectivity index (χ2v) is 14.4. The van der Waals surface area contributed by atoms with Gasteiger partial charge in [-0.2, -0.15) is 0 Å². The molecule has 0 radical (unpaired) electrons. The number of nitrogens with one attached hydrogen (secondary N) is 2. The molecule has 10 N–H and O–H groups in total. The van der Waals surface area contributed by atoms with E-state index in [1.165, 1.54) is 68.9 Å². The summed E-state index contributed by atoms with van der Waals surface area (Å²) in [5.41, 5.74) is -0.371. The Balaban J connectivity index is 0. The van der Waals surface area contributed by atoms with Crippen LogP contribution >= 0.6 is 0 Å². The molecule has 0 atom stereocenters. The van der Waals surface area contributed by atoms with E-state index >= 15 is 0 Å². The number of aromatic carboxylic acids is 3. The average molecular weight is 1020 g/mol. The second-order valence-electron chi connectivity index (χ2n) is 14.4. The van der Waals surface area contributed by atoms with Crippen molar-refractivity contribution in [1.82, 2.24) is 0 Å². The third-order valence-electron chi connectivity index (χ3n) is 9.26. The number of unbranched alkanes of at least 4 members (excludes halogenated alkanes) is 10. The van der Waals surface area contributed by atoms with E-state index in [2.05, 4.69) is 24.5 Å². The fourth-order valence-electron chi connectivity index (χ4n) is 5.73. The molecular weight excluding hydrogens is 958 g/mol. The number of carboxylic acids is 3. The molecule has 0 saturated carbocycles. The first kappa shape index (κ1) is 64.3. The summed E-state index contributed by atoms with van der Waals surface area (Å²) >= 11 is 0. The smallest absolute Gasteiger partial charge is 0.872 e. The minimum Gasteiger partial charge on any atom is -0.872 e. The molecule has 0 aromatic heterocycles. The number of rotatable bonds is 25. The Morgan fingerprint density at radius 1 is 0.493 bits per heavy atom. The molecule has 69 heavy (non-hydrogen) atoms. The van der Waals surface area contributed by atoms with Crippen LogP contribution < -0.4 is 35.1 Å². The first-order valence-electron chi connectivity index (χ1n) is 21.6. The second kappa shape index (κ2) is 37.2. The van der Waals surface area contributed by atoms with Crippen LogP contribution in [-0.2, 0) is 29.0 Å². The first-order valence-corrected chi connectivity index (χ1v) is 21.6. The number of carbonyl (C=O) groups excluding carboxylic acids is 2. The van der Waals surface area contributed by atoms with E-state index in [0.717, 1.165) is 68.5 Å². The molecule has 0 aliphatic rings. The van der Waals surface area contributed by atoms with Gasteiger partial charge in [-0.3, -0.25) is 10.6 Å². The minimum absolute atomic E-state index is 0. The first-order chi connectivity index (χ1) is 31.7. The molecule has 4 aromatic rings. The summed E-state index contributed by atoms with van der Waals surface area (Å²) < 4.78 is 25.9. The molecule has 4 rings (SSSR count). The van der Waals surface area contributed by atoms with Crippen LogP contribution in [0.2, 0.25) is 0 Å². The summed E-state index contributed by atoms with van der Waals surface area (Å²) in [5, 5.41) is 63.6. The Morgan fingerprint density at radius 2 is 0.855 bits per heavy atom. The maximum Gasteiger partial charge on any atom is 2.00 e. The van der Waals surface area contributed by atoms with Crippen molar-refractivity contribution >= 4 is 41.5 Å². The number of phenols is 1. The van der Waals surface area contributed by atoms with Crippen molar-refractivity contribution in [3.8, 4) is 34.5 Å². The summed E-state index contributed by atoms with van der Waals surface area (Å²) in [7, 11) is 1.59. The van der Waals surface area contributed by atoms with E-state index < -0.39 is 41.6 Å². The summed E-state index contributed by atoms with van der Waals surface area (Å²) in [4.78, 5) is 55.2. The van der Waals surface area contributed by atoms with Crippen LogP contribution in [0.5, 0.6) is 34.5 Å². The van der Waals surface area contributed by atoms with Crippen LogP contribution in [0.4, 0.5) is 21.0 Å². The van der Waals surface area contributed by atoms with Crippen molar-refractivity contribution in [1.29, 1.82) is 0 Å². The quantitative estimate of drug-likeness (QED) is 0.0274. The number of carbonyl (C=O) groups is 5. The Bertz CT molecular complexity index is 2030. The Kier molecular flexibility index (Phi) is 34.6. The molecule has 0 saturated heterocycles. The SMILES string of the molecule is CCCCCCCCOC(=O)Nc1ccc(C(=O)O)c([O-])c1.CCCCCCCCOC(=O)Nc1ccc(C(=O)O)c([O-])c1.COc1ccc(OCCOc2ccc(C(=O)O)c(O)c2)cc1.O.O.[Zn+2]. The molecule has 0 aliphatic carbocycles. The van der Waals surface area contributed by atoms with E-state index in [-0.39, 0.29) is 70.9 Å². The van der Waals surface area contributed by atoms with Crippen LogP contribution in [0.15, 0.2) is 78.9 Å². The molecule has 2 amide bonds. The number of benzene rings is 4. The summed E-state index contributed by atoms with van der Waals surface area (Å²) in [5.74, 6) is -3.59. The fraction of sp³-hybridized carbons (Fsp3) is 0.396. The Morgan fingerprint density at radius 3 is 1.23 bits per heavy atom. The zero-order valence-electron chi connectivity index (χ0n) is 39.2. The Labute approximate surface area is 413 Å². The zero-order valence-corrected chi connectivity index (χ0v) is 42.2. The van der Waals surface area contributed by atoms with Gasteiger partial charge < -0.3 is 65.3 Å². The third-order valence-corrected chi connectivity index (χ3v) is 9.26. The van der Waals surface area contributed by atoms with Gasteiger partial charge in [0.1, 0.15) is 41.8 Å². The topological polar surface area (TPSA) is 346 Å². The molecule has 21 heteroatoms. The molecule has 4 aromatic carbocycles. The number of ether oxygens (including phenoxy) is 5. The molecule has 0 heterocycles. The number of anilines is 2. The predicted molar refractivity (Wildman–Crippen MR) is 249 cm³/mol. The molecule has 0 bridgehead atoms. The van der Waals surface area contributed by atoms with Crippen LogP contribution in [-0.4, -0.2) is 95.0 Å². The predicted octanol–water partition coefficient (Wildman–Crippen LogP) is 7.64. The van der Waals surface area contributed by atoms with E-state index in [4.69, 9.17) is 39.0 Å². The number of aromatic hydroxyl groups is 1. The monoisotopic (exact) mass is 1020 g/mol. The largest absolute Gasteiger partial charge is 2.00 e. The molecule has 0 spiro atoms. The average Bonchev–Trinajstić information content (AvgIpc) is 3.27. The van der Waals surface area contributed by atoms with Crippen LogP contribution in [0, 0.1) is 0 Å². The molecule has 0 fully saturated rings. The van der Waals surface area contributed by atoms with E-state index in [1.54, 1.807) is 31.4 Å². The molecule has 376 valence electrons. The van der Waals surface area contributed by atoms with Gasteiger partial charge in [0.25, 0.3) is 0 Å². The molecular formula is C48H64N2O18Zn. The van der Waals surface area contributed by atoms with Crippen molar-refractivity contribution in [2.45, 2.75) is 90.9 Å². The van der Waals surface area contributed by atoms with Gasteiger partial charge in [0, 0.05) is 17.4 Å². The normalized spacial score (nSPS) is 9.72. The maximum absolute atomic E-state index is 11.5. The number of methoxy groups -OCH3 is 1. The van der Waals surface area contributed by atoms with Gasteiger partial charge in [0.2, 0.25) is 0 Å². The summed E-state index contributed by atoms with van der Waals surface area (Å²) in [6.45, 7) is 5.55. The van der Waals surface area contributed by atoms with Gasteiger partial charge >= 0.3 is 49.6 Å². The third kappa shape index (κ3) is 26.9. The van der Waals surface area contributed by atoms with Crippen molar-refractivity contribution < 1.29 is 109 Å². The van der Waals surface area contributed by atoms with Crippen LogP contribution in [0.25, 0.3) is 0 Å². The summed E-state index contributed by atoms with van der Waals surface area (Å²) in [6.07, 6.45) is 11.9.